The molecule has 0 amide bonds. The van der Waals surface area contributed by atoms with Crippen LogP contribution in [-0.2, 0) is 0 Å². The molecule has 0 aliphatic carbocycles. The van der Waals surface area contributed by atoms with E-state index in [9.17, 15) is 4.79 Å². The third-order valence-electron chi connectivity index (χ3n) is 2.97. The summed E-state index contributed by atoms with van der Waals surface area (Å²) in [4.78, 5) is 12.2. The van der Waals surface area contributed by atoms with Crippen molar-refractivity contribution in [1.29, 1.82) is 0 Å². The SMILES string of the molecule is CCC/C=C\c1ccc(C(=O)c2ccccc2)cc1. The van der Waals surface area contributed by atoms with Gasteiger partial charge in [0.25, 0.3) is 0 Å². The molecular weight excluding hydrogens is 232 g/mol. The van der Waals surface area contributed by atoms with Crippen LogP contribution >= 0.6 is 0 Å². The first-order valence-electron chi connectivity index (χ1n) is 6.67. The van der Waals surface area contributed by atoms with E-state index in [2.05, 4.69) is 19.1 Å². The lowest BCUT2D eigenvalue weighted by atomic mass is 10.0. The van der Waals surface area contributed by atoms with Crippen molar-refractivity contribution < 1.29 is 4.79 Å². The number of hydrogen-bond donors (Lipinski definition) is 0. The highest BCUT2D eigenvalue weighted by molar-refractivity contribution is 6.09. The van der Waals surface area contributed by atoms with Crippen LogP contribution in [0.3, 0.4) is 0 Å². The zero-order valence-corrected chi connectivity index (χ0v) is 11.2. The Morgan fingerprint density at radius 3 is 2.21 bits per heavy atom. The molecule has 19 heavy (non-hydrogen) atoms. The largest absolute Gasteiger partial charge is 0.289 e. The molecule has 2 aromatic carbocycles. The van der Waals surface area contributed by atoms with E-state index in [1.54, 1.807) is 0 Å². The van der Waals surface area contributed by atoms with Crippen LogP contribution < -0.4 is 0 Å². The molecular formula is C18H18O. The molecule has 0 aliphatic rings. The molecule has 2 aromatic rings. The number of rotatable bonds is 5. The predicted molar refractivity (Wildman–Crippen MR) is 80.3 cm³/mol. The van der Waals surface area contributed by atoms with E-state index in [0.29, 0.717) is 0 Å². The lowest BCUT2D eigenvalue weighted by Gasteiger charge is -2.01. The number of carbonyl (C=O) groups is 1. The first-order chi connectivity index (χ1) is 9.31. The minimum Gasteiger partial charge on any atom is -0.289 e. The van der Waals surface area contributed by atoms with Crippen molar-refractivity contribution in [3.05, 3.63) is 77.4 Å². The Balaban J connectivity index is 2.12. The van der Waals surface area contributed by atoms with Gasteiger partial charge in [-0.2, -0.15) is 0 Å². The third-order valence-corrected chi connectivity index (χ3v) is 2.97. The normalized spacial score (nSPS) is 10.8. The highest BCUT2D eigenvalue weighted by atomic mass is 16.1. The van der Waals surface area contributed by atoms with Crippen molar-refractivity contribution in [3.63, 3.8) is 0 Å². The van der Waals surface area contributed by atoms with Crippen molar-refractivity contribution in [1.82, 2.24) is 0 Å². The summed E-state index contributed by atoms with van der Waals surface area (Å²) in [6, 6.07) is 17.1. The minimum atomic E-state index is 0.0738. The molecule has 0 atom stereocenters. The van der Waals surface area contributed by atoms with Crippen LogP contribution in [0.1, 0.15) is 41.3 Å². The van der Waals surface area contributed by atoms with E-state index in [1.807, 2.05) is 54.6 Å². The van der Waals surface area contributed by atoms with Crippen LogP contribution in [-0.4, -0.2) is 5.78 Å². The second-order valence-electron chi connectivity index (χ2n) is 4.51. The molecule has 0 aromatic heterocycles. The van der Waals surface area contributed by atoms with Crippen LogP contribution in [0.25, 0.3) is 6.08 Å². The molecule has 0 bridgehead atoms. The Morgan fingerprint density at radius 1 is 0.947 bits per heavy atom. The maximum atomic E-state index is 12.2. The fraction of sp³-hybridized carbons (Fsp3) is 0.167. The minimum absolute atomic E-state index is 0.0738. The molecule has 1 nitrogen and oxygen atoms in total. The number of allylic oxidation sites excluding steroid dienone is 1. The average Bonchev–Trinajstić information content (AvgIpc) is 2.48. The third kappa shape index (κ3) is 3.65. The van der Waals surface area contributed by atoms with E-state index >= 15 is 0 Å². The van der Waals surface area contributed by atoms with E-state index in [-0.39, 0.29) is 5.78 Å². The molecule has 0 spiro atoms. The quantitative estimate of drug-likeness (QED) is 0.701. The topological polar surface area (TPSA) is 17.1 Å². The smallest absolute Gasteiger partial charge is 0.193 e. The molecule has 1 heteroatoms. The molecule has 0 saturated heterocycles. The van der Waals surface area contributed by atoms with E-state index < -0.39 is 0 Å². The van der Waals surface area contributed by atoms with Gasteiger partial charge < -0.3 is 0 Å². The summed E-state index contributed by atoms with van der Waals surface area (Å²) >= 11 is 0. The van der Waals surface area contributed by atoms with Crippen LogP contribution in [0.5, 0.6) is 0 Å². The van der Waals surface area contributed by atoms with Gasteiger partial charge in [0.05, 0.1) is 0 Å². The Bertz CT molecular complexity index is 550. The van der Waals surface area contributed by atoms with Crippen molar-refractivity contribution in [2.24, 2.45) is 0 Å². The Morgan fingerprint density at radius 2 is 1.58 bits per heavy atom. The molecule has 0 N–H and O–H groups in total. The summed E-state index contributed by atoms with van der Waals surface area (Å²) < 4.78 is 0. The number of unbranched alkanes of at least 4 members (excludes halogenated alkanes) is 1. The lowest BCUT2D eigenvalue weighted by Crippen LogP contribution is -2.00. The van der Waals surface area contributed by atoms with Crippen LogP contribution in [0.15, 0.2) is 60.7 Å². The Kier molecular flexibility index (Phi) is 4.68. The van der Waals surface area contributed by atoms with Gasteiger partial charge in [0.15, 0.2) is 5.78 Å². The number of ketones is 1. The molecule has 0 aliphatic heterocycles. The molecule has 0 saturated carbocycles. The number of benzene rings is 2. The van der Waals surface area contributed by atoms with Crippen molar-refractivity contribution >= 4 is 11.9 Å². The average molecular weight is 250 g/mol. The second kappa shape index (κ2) is 6.69. The van der Waals surface area contributed by atoms with Gasteiger partial charge >= 0.3 is 0 Å². The first kappa shape index (κ1) is 13.3. The molecule has 2 rings (SSSR count). The van der Waals surface area contributed by atoms with Crippen LogP contribution in [0.2, 0.25) is 0 Å². The van der Waals surface area contributed by atoms with Gasteiger partial charge in [0, 0.05) is 11.1 Å². The molecule has 0 fully saturated rings. The van der Waals surface area contributed by atoms with Gasteiger partial charge in [-0.15, -0.1) is 0 Å². The van der Waals surface area contributed by atoms with Crippen LogP contribution in [0.4, 0.5) is 0 Å². The van der Waals surface area contributed by atoms with E-state index in [4.69, 9.17) is 0 Å². The van der Waals surface area contributed by atoms with Gasteiger partial charge in [-0.05, 0) is 12.0 Å². The summed E-state index contributed by atoms with van der Waals surface area (Å²) in [5.41, 5.74) is 2.61. The van der Waals surface area contributed by atoms with Gasteiger partial charge in [0.1, 0.15) is 0 Å². The predicted octanol–water partition coefficient (Wildman–Crippen LogP) is 4.73. The van der Waals surface area contributed by atoms with Crippen molar-refractivity contribution in [3.8, 4) is 0 Å². The fourth-order valence-corrected chi connectivity index (χ4v) is 1.89. The maximum Gasteiger partial charge on any atom is 0.193 e. The summed E-state index contributed by atoms with van der Waals surface area (Å²) in [5, 5.41) is 0. The zero-order valence-electron chi connectivity index (χ0n) is 11.2. The second-order valence-corrected chi connectivity index (χ2v) is 4.51. The van der Waals surface area contributed by atoms with E-state index in [1.165, 1.54) is 0 Å². The monoisotopic (exact) mass is 250 g/mol. The summed E-state index contributed by atoms with van der Waals surface area (Å²) in [7, 11) is 0. The standard InChI is InChI=1S/C18H18O/c1-2-3-5-8-15-11-13-17(14-12-15)18(19)16-9-6-4-7-10-16/h4-14H,2-3H2,1H3/b8-5-. The number of hydrogen-bond acceptors (Lipinski definition) is 1. The summed E-state index contributed by atoms with van der Waals surface area (Å²) in [6.07, 6.45) is 6.50. The molecule has 96 valence electrons. The summed E-state index contributed by atoms with van der Waals surface area (Å²) in [6.45, 7) is 2.16. The Hall–Kier alpha value is -2.15. The first-order valence-corrected chi connectivity index (χ1v) is 6.67. The highest BCUT2D eigenvalue weighted by Gasteiger charge is 2.07. The molecule has 0 heterocycles. The van der Waals surface area contributed by atoms with Gasteiger partial charge in [-0.1, -0.05) is 80.1 Å². The highest BCUT2D eigenvalue weighted by Crippen LogP contribution is 2.12. The lowest BCUT2D eigenvalue weighted by molar-refractivity contribution is 0.103. The Labute approximate surface area is 114 Å². The van der Waals surface area contributed by atoms with Crippen molar-refractivity contribution in [2.75, 3.05) is 0 Å². The maximum absolute atomic E-state index is 12.2. The fourth-order valence-electron chi connectivity index (χ4n) is 1.89. The van der Waals surface area contributed by atoms with Gasteiger partial charge in [-0.25, -0.2) is 0 Å². The van der Waals surface area contributed by atoms with E-state index in [0.717, 1.165) is 29.5 Å². The van der Waals surface area contributed by atoms with Gasteiger partial charge in [0.2, 0.25) is 0 Å². The molecule has 0 unspecified atom stereocenters. The molecule has 0 radical (unpaired) electrons. The van der Waals surface area contributed by atoms with Gasteiger partial charge in [-0.3, -0.25) is 4.79 Å². The number of carbonyl (C=O) groups excluding carboxylic acids is 1. The van der Waals surface area contributed by atoms with Crippen LogP contribution in [0, 0.1) is 0 Å². The zero-order chi connectivity index (χ0) is 13.5. The summed E-state index contributed by atoms with van der Waals surface area (Å²) in [5.74, 6) is 0.0738. The van der Waals surface area contributed by atoms with Crippen molar-refractivity contribution in [2.45, 2.75) is 19.8 Å².